The van der Waals surface area contributed by atoms with Gasteiger partial charge < -0.3 is 30.2 Å². The van der Waals surface area contributed by atoms with Crippen LogP contribution in [-0.2, 0) is 6.54 Å². The molecule has 3 N–H and O–H groups in total. The highest BCUT2D eigenvalue weighted by molar-refractivity contribution is 5.81. The second-order valence-electron chi connectivity index (χ2n) is 9.00. The molecule has 0 atom stereocenters. The van der Waals surface area contributed by atoms with Crippen molar-refractivity contribution in [2.45, 2.75) is 12.7 Å². The van der Waals surface area contributed by atoms with Gasteiger partial charge in [0.1, 0.15) is 23.8 Å². The number of methoxy groups -OCH3 is 1. The molecule has 4 rings (SSSR count). The number of nitrogens with one attached hydrogen (secondary N) is 1. The van der Waals surface area contributed by atoms with Gasteiger partial charge in [-0.15, -0.1) is 0 Å². The molecule has 2 aromatic heterocycles. The summed E-state index contributed by atoms with van der Waals surface area (Å²) in [5.74, 6) is -0.180. The minimum absolute atomic E-state index is 0.00821. The highest BCUT2D eigenvalue weighted by Crippen LogP contribution is 2.36. The Bertz CT molecular complexity index is 1440. The lowest BCUT2D eigenvalue weighted by atomic mass is 10.2. The Labute approximate surface area is 216 Å². The zero-order valence-corrected chi connectivity index (χ0v) is 21.3. The Morgan fingerprint density at radius 3 is 2.50 bits per heavy atom. The number of aromatic nitrogens is 4. The zero-order valence-electron chi connectivity index (χ0n) is 21.3. The second kappa shape index (κ2) is 10.7. The molecular formula is C25H28F4N8O. The van der Waals surface area contributed by atoms with E-state index in [1.54, 1.807) is 12.1 Å². The third kappa shape index (κ3) is 6.05. The summed E-state index contributed by atoms with van der Waals surface area (Å²) in [6, 6.07) is 8.38. The highest BCUT2D eigenvalue weighted by atomic mass is 19.4. The van der Waals surface area contributed by atoms with E-state index in [1.165, 1.54) is 25.4 Å². The maximum atomic E-state index is 13.8. The molecule has 0 unspecified atom stereocenters. The largest absolute Gasteiger partial charge is 0.494 e. The lowest BCUT2D eigenvalue weighted by molar-refractivity contribution is -0.139. The molecule has 0 bridgehead atoms. The summed E-state index contributed by atoms with van der Waals surface area (Å²) >= 11 is 0. The van der Waals surface area contributed by atoms with Crippen molar-refractivity contribution in [3.05, 3.63) is 48.4 Å². The lowest BCUT2D eigenvalue weighted by Gasteiger charge is -2.24. The molecule has 0 aliphatic heterocycles. The van der Waals surface area contributed by atoms with Gasteiger partial charge >= 0.3 is 6.18 Å². The molecule has 13 heteroatoms. The third-order valence-electron chi connectivity index (χ3n) is 5.82. The first-order valence-electron chi connectivity index (χ1n) is 11.6. The van der Waals surface area contributed by atoms with Crippen LogP contribution in [0, 0.1) is 5.82 Å². The average molecular weight is 533 g/mol. The number of anilines is 4. The summed E-state index contributed by atoms with van der Waals surface area (Å²) in [7, 11) is 7.40. The maximum Gasteiger partial charge on any atom is 0.406 e. The van der Waals surface area contributed by atoms with Crippen LogP contribution < -0.4 is 20.7 Å². The normalized spacial score (nSPS) is 11.8. The van der Waals surface area contributed by atoms with Crippen molar-refractivity contribution in [2.75, 3.05) is 57.3 Å². The molecule has 2 aromatic carbocycles. The van der Waals surface area contributed by atoms with E-state index in [0.717, 1.165) is 35.5 Å². The second-order valence-corrected chi connectivity index (χ2v) is 9.00. The van der Waals surface area contributed by atoms with Gasteiger partial charge in [-0.25, -0.2) is 19.3 Å². The zero-order chi connectivity index (χ0) is 27.6. The lowest BCUT2D eigenvalue weighted by Crippen LogP contribution is -2.29. The Morgan fingerprint density at radius 2 is 1.82 bits per heavy atom. The first-order valence-corrected chi connectivity index (χ1v) is 11.6. The number of benzene rings is 2. The smallest absolute Gasteiger partial charge is 0.406 e. The molecule has 2 heterocycles. The van der Waals surface area contributed by atoms with Crippen molar-refractivity contribution in [1.29, 1.82) is 0 Å². The first kappa shape index (κ1) is 26.9. The van der Waals surface area contributed by atoms with E-state index in [9.17, 15) is 17.6 Å². The van der Waals surface area contributed by atoms with Crippen LogP contribution in [0.4, 0.5) is 40.6 Å². The summed E-state index contributed by atoms with van der Waals surface area (Å²) in [5.41, 5.74) is 8.39. The molecule has 0 aliphatic rings. The SMILES string of the molecule is COc1cc(N(C)CCN(C)C)c(N)cc1Nc1nccc(-c2nc3ccc(F)cc3n2CC(F)(F)F)n1. The van der Waals surface area contributed by atoms with Gasteiger partial charge in [0.05, 0.1) is 35.2 Å². The van der Waals surface area contributed by atoms with Crippen LogP contribution in [0.1, 0.15) is 0 Å². The molecule has 0 fully saturated rings. The van der Waals surface area contributed by atoms with E-state index in [-0.39, 0.29) is 28.5 Å². The molecule has 0 radical (unpaired) electrons. The quantitative estimate of drug-likeness (QED) is 0.240. The standard InChI is InChI=1S/C25H28F4N8O/c1-35(2)9-10-36(3)20-13-22(38-4)19(12-16(20)30)34-24-31-8-7-18(33-24)23-32-17-6-5-15(26)11-21(17)37(23)14-25(27,28)29/h5-8,11-13H,9-10,14,30H2,1-4H3,(H,31,33,34). The van der Waals surface area contributed by atoms with E-state index in [0.29, 0.717) is 17.1 Å². The maximum absolute atomic E-state index is 13.8. The molecule has 38 heavy (non-hydrogen) atoms. The van der Waals surface area contributed by atoms with Crippen LogP contribution >= 0.6 is 0 Å². The van der Waals surface area contributed by atoms with Gasteiger partial charge in [-0.1, -0.05) is 0 Å². The molecule has 202 valence electrons. The molecule has 0 spiro atoms. The number of hydrogen-bond acceptors (Lipinski definition) is 8. The van der Waals surface area contributed by atoms with Crippen LogP contribution in [-0.4, -0.2) is 71.9 Å². The van der Waals surface area contributed by atoms with Crippen LogP contribution in [0.25, 0.3) is 22.6 Å². The fourth-order valence-electron chi connectivity index (χ4n) is 3.95. The van der Waals surface area contributed by atoms with Gasteiger partial charge in [-0.3, -0.25) is 0 Å². The minimum Gasteiger partial charge on any atom is -0.494 e. The van der Waals surface area contributed by atoms with E-state index in [4.69, 9.17) is 10.5 Å². The predicted octanol–water partition coefficient (Wildman–Crippen LogP) is 4.53. The number of fused-ring (bicyclic) bond motifs is 1. The average Bonchev–Trinajstić information content (AvgIpc) is 3.19. The van der Waals surface area contributed by atoms with E-state index in [1.807, 2.05) is 26.0 Å². The molecule has 9 nitrogen and oxygen atoms in total. The number of alkyl halides is 3. The van der Waals surface area contributed by atoms with E-state index < -0.39 is 18.5 Å². The van der Waals surface area contributed by atoms with Crippen molar-refractivity contribution in [1.82, 2.24) is 24.4 Å². The van der Waals surface area contributed by atoms with E-state index in [2.05, 4.69) is 25.2 Å². The van der Waals surface area contributed by atoms with Crippen molar-refractivity contribution < 1.29 is 22.3 Å². The predicted molar refractivity (Wildman–Crippen MR) is 139 cm³/mol. The summed E-state index contributed by atoms with van der Waals surface area (Å²) in [6.07, 6.45) is -3.17. The molecule has 4 aromatic rings. The van der Waals surface area contributed by atoms with Crippen molar-refractivity contribution in [2.24, 2.45) is 0 Å². The highest BCUT2D eigenvalue weighted by Gasteiger charge is 2.31. The number of nitrogens with zero attached hydrogens (tertiary/aromatic N) is 6. The fourth-order valence-corrected chi connectivity index (χ4v) is 3.95. The van der Waals surface area contributed by atoms with Crippen LogP contribution in [0.5, 0.6) is 5.75 Å². The van der Waals surface area contributed by atoms with Crippen molar-refractivity contribution in [3.8, 4) is 17.3 Å². The van der Waals surface area contributed by atoms with Gasteiger partial charge in [0, 0.05) is 32.4 Å². The number of imidazole rings is 1. The van der Waals surface area contributed by atoms with Crippen molar-refractivity contribution in [3.63, 3.8) is 0 Å². The number of ether oxygens (including phenoxy) is 1. The number of nitrogens with two attached hydrogens (primary N) is 1. The Kier molecular flexibility index (Phi) is 7.58. The van der Waals surface area contributed by atoms with Gasteiger partial charge in [-0.05, 0) is 44.4 Å². The van der Waals surface area contributed by atoms with Gasteiger partial charge in [0.15, 0.2) is 5.82 Å². The molecule has 0 saturated carbocycles. The molecule has 0 amide bonds. The fraction of sp³-hybridized carbons (Fsp3) is 0.320. The van der Waals surface area contributed by atoms with Gasteiger partial charge in [-0.2, -0.15) is 13.2 Å². The molecular weight excluding hydrogens is 504 g/mol. The van der Waals surface area contributed by atoms with Gasteiger partial charge in [0.2, 0.25) is 5.95 Å². The van der Waals surface area contributed by atoms with Crippen LogP contribution in [0.2, 0.25) is 0 Å². The van der Waals surface area contributed by atoms with E-state index >= 15 is 0 Å². The monoisotopic (exact) mass is 532 g/mol. The summed E-state index contributed by atoms with van der Waals surface area (Å²) in [6.45, 7) is 0.202. The van der Waals surface area contributed by atoms with Gasteiger partial charge in [0.25, 0.3) is 0 Å². The summed E-state index contributed by atoms with van der Waals surface area (Å²) in [5, 5.41) is 3.03. The number of hydrogen-bond donors (Lipinski definition) is 2. The van der Waals surface area contributed by atoms with Crippen LogP contribution in [0.15, 0.2) is 42.6 Å². The Morgan fingerprint density at radius 1 is 1.05 bits per heavy atom. The first-order chi connectivity index (χ1) is 17.9. The van der Waals surface area contributed by atoms with Crippen molar-refractivity contribution >= 4 is 34.0 Å². The number of rotatable bonds is 9. The molecule has 0 saturated heterocycles. The number of halogens is 4. The Hall–Kier alpha value is -4.13. The number of likely N-dealkylation sites (N-methyl/N-ethyl adjacent to an activating group) is 2. The minimum atomic E-state index is -4.56. The topological polar surface area (TPSA) is 97.4 Å². The summed E-state index contributed by atoms with van der Waals surface area (Å²) in [4.78, 5) is 16.9. The van der Waals surface area contributed by atoms with Crippen LogP contribution in [0.3, 0.4) is 0 Å². The summed E-state index contributed by atoms with van der Waals surface area (Å²) < 4.78 is 60.4. The third-order valence-corrected chi connectivity index (χ3v) is 5.82. The molecule has 0 aliphatic carbocycles. The Balaban J connectivity index is 1.69. The number of nitrogen functional groups attached to an aromatic ring is 1.